The van der Waals surface area contributed by atoms with Crippen molar-refractivity contribution in [3.05, 3.63) is 65.9 Å². The molecule has 0 spiro atoms. The molecule has 146 valence electrons. The van der Waals surface area contributed by atoms with Gasteiger partial charge in [-0.2, -0.15) is 0 Å². The molecule has 2 heterocycles. The predicted molar refractivity (Wildman–Crippen MR) is 110 cm³/mol. The Kier molecular flexibility index (Phi) is 5.63. The highest BCUT2D eigenvalue weighted by molar-refractivity contribution is 5.99. The van der Waals surface area contributed by atoms with Crippen molar-refractivity contribution in [3.63, 3.8) is 0 Å². The second-order valence-electron chi connectivity index (χ2n) is 7.27. The fraction of sp³-hybridized carbons (Fsp3) is 0.348. The van der Waals surface area contributed by atoms with Crippen LogP contribution < -0.4 is 10.1 Å². The Bertz CT molecular complexity index is 935. The maximum Gasteiger partial charge on any atom is 0.287 e. The fourth-order valence-electron chi connectivity index (χ4n) is 3.78. The predicted octanol–water partition coefficient (Wildman–Crippen LogP) is 4.08. The number of likely N-dealkylation sites (tertiary alicyclic amines) is 1. The lowest BCUT2D eigenvalue weighted by atomic mass is 10.1. The second kappa shape index (κ2) is 8.48. The van der Waals surface area contributed by atoms with Crippen LogP contribution >= 0.6 is 0 Å². The Morgan fingerprint density at radius 2 is 1.96 bits per heavy atom. The van der Waals surface area contributed by atoms with Crippen molar-refractivity contribution in [2.45, 2.75) is 20.0 Å². The number of carbonyl (C=O) groups excluding carboxylic acids is 1. The average Bonchev–Trinajstić information content (AvgIpc) is 3.35. The summed E-state index contributed by atoms with van der Waals surface area (Å²) in [5, 5.41) is 3.99. The molecule has 1 atom stereocenters. The molecule has 0 bridgehead atoms. The van der Waals surface area contributed by atoms with Gasteiger partial charge in [-0.1, -0.05) is 43.3 Å². The quantitative estimate of drug-likeness (QED) is 0.673. The van der Waals surface area contributed by atoms with Crippen molar-refractivity contribution in [2.75, 3.05) is 26.2 Å². The molecule has 0 radical (unpaired) electrons. The topological polar surface area (TPSA) is 54.7 Å². The van der Waals surface area contributed by atoms with E-state index in [1.165, 1.54) is 0 Å². The minimum Gasteiger partial charge on any atom is -0.489 e. The third-order valence-corrected chi connectivity index (χ3v) is 5.40. The zero-order valence-corrected chi connectivity index (χ0v) is 16.2. The molecule has 1 fully saturated rings. The number of fused-ring (bicyclic) bond motifs is 1. The number of furan rings is 1. The number of para-hydroxylation sites is 2. The van der Waals surface area contributed by atoms with Gasteiger partial charge in [-0.25, -0.2) is 0 Å². The van der Waals surface area contributed by atoms with Gasteiger partial charge in [-0.3, -0.25) is 4.79 Å². The first-order valence-electron chi connectivity index (χ1n) is 9.93. The van der Waals surface area contributed by atoms with E-state index in [1.54, 1.807) is 0 Å². The minimum atomic E-state index is -0.169. The normalized spacial score (nSPS) is 17.1. The van der Waals surface area contributed by atoms with Crippen LogP contribution in [0.1, 0.15) is 29.5 Å². The van der Waals surface area contributed by atoms with Gasteiger partial charge in [0.25, 0.3) is 5.91 Å². The van der Waals surface area contributed by atoms with Crippen LogP contribution in [0.3, 0.4) is 0 Å². The molecular formula is C23H26N2O3. The van der Waals surface area contributed by atoms with E-state index >= 15 is 0 Å². The molecule has 1 aliphatic rings. The zero-order valence-electron chi connectivity index (χ0n) is 16.2. The Hall–Kier alpha value is -2.79. The van der Waals surface area contributed by atoms with E-state index < -0.39 is 0 Å². The van der Waals surface area contributed by atoms with Crippen LogP contribution in [0.15, 0.2) is 59.0 Å². The lowest BCUT2D eigenvalue weighted by Crippen LogP contribution is -2.31. The number of nitrogens with zero attached hydrogens (tertiary/aromatic N) is 1. The third-order valence-electron chi connectivity index (χ3n) is 5.40. The number of hydrogen-bond donors (Lipinski definition) is 1. The van der Waals surface area contributed by atoms with Crippen molar-refractivity contribution in [2.24, 2.45) is 5.92 Å². The number of hydrogen-bond acceptors (Lipinski definition) is 4. The molecule has 5 heteroatoms. The third kappa shape index (κ3) is 4.04. The number of amides is 1. The summed E-state index contributed by atoms with van der Waals surface area (Å²) in [5.74, 6) is 1.45. The summed E-state index contributed by atoms with van der Waals surface area (Å²) in [5.41, 5.74) is 1.50. The Balaban J connectivity index is 1.50. The Morgan fingerprint density at radius 3 is 2.75 bits per heavy atom. The molecule has 5 nitrogen and oxygen atoms in total. The molecule has 1 amide bonds. The molecule has 1 saturated heterocycles. The molecule has 3 aromatic rings. The van der Waals surface area contributed by atoms with Crippen LogP contribution in [0, 0.1) is 5.92 Å². The van der Waals surface area contributed by atoms with Gasteiger partial charge in [-0.05, 0) is 43.6 Å². The van der Waals surface area contributed by atoms with Gasteiger partial charge in [0.2, 0.25) is 0 Å². The monoisotopic (exact) mass is 378 g/mol. The van der Waals surface area contributed by atoms with Crippen molar-refractivity contribution in [3.8, 4) is 5.75 Å². The summed E-state index contributed by atoms with van der Waals surface area (Å²) >= 11 is 0. The van der Waals surface area contributed by atoms with E-state index in [2.05, 4.69) is 17.1 Å². The van der Waals surface area contributed by atoms with E-state index in [4.69, 9.17) is 9.15 Å². The van der Waals surface area contributed by atoms with Gasteiger partial charge < -0.3 is 19.4 Å². The van der Waals surface area contributed by atoms with Gasteiger partial charge >= 0.3 is 0 Å². The van der Waals surface area contributed by atoms with Gasteiger partial charge in [-0.15, -0.1) is 0 Å². The molecule has 1 aliphatic heterocycles. The zero-order chi connectivity index (χ0) is 19.3. The fourth-order valence-corrected chi connectivity index (χ4v) is 3.78. The SMILES string of the molecule is CCN1CCC(CNC(=O)c2oc3ccccc3c2COc2ccccc2)C1. The second-order valence-corrected chi connectivity index (χ2v) is 7.27. The molecule has 4 rings (SSSR count). The molecular weight excluding hydrogens is 352 g/mol. The molecule has 2 aromatic carbocycles. The molecule has 1 unspecified atom stereocenters. The summed E-state index contributed by atoms with van der Waals surface area (Å²) in [6.07, 6.45) is 1.12. The molecule has 0 saturated carbocycles. The van der Waals surface area contributed by atoms with Crippen LogP contribution in [0.5, 0.6) is 5.75 Å². The molecule has 28 heavy (non-hydrogen) atoms. The van der Waals surface area contributed by atoms with Gasteiger partial charge in [0.15, 0.2) is 5.76 Å². The molecule has 0 aliphatic carbocycles. The van der Waals surface area contributed by atoms with Crippen LogP contribution in [0.25, 0.3) is 11.0 Å². The van der Waals surface area contributed by atoms with E-state index in [-0.39, 0.29) is 12.5 Å². The number of nitrogens with one attached hydrogen (secondary N) is 1. The Morgan fingerprint density at radius 1 is 1.18 bits per heavy atom. The van der Waals surface area contributed by atoms with Crippen molar-refractivity contribution in [1.82, 2.24) is 10.2 Å². The summed E-state index contributed by atoms with van der Waals surface area (Å²) in [6, 6.07) is 17.3. The lowest BCUT2D eigenvalue weighted by Gasteiger charge is -2.13. The summed E-state index contributed by atoms with van der Waals surface area (Å²) < 4.78 is 11.8. The number of rotatable bonds is 7. The standard InChI is InChI=1S/C23H26N2O3/c1-2-25-13-12-17(15-25)14-24-23(26)22-20(16-27-18-8-4-3-5-9-18)19-10-6-7-11-21(19)28-22/h3-11,17H,2,12-16H2,1H3,(H,24,26). The molecule has 1 N–H and O–H groups in total. The largest absolute Gasteiger partial charge is 0.489 e. The van der Waals surface area contributed by atoms with Crippen LogP contribution in [0.4, 0.5) is 0 Å². The summed E-state index contributed by atoms with van der Waals surface area (Å²) in [4.78, 5) is 15.3. The van der Waals surface area contributed by atoms with Crippen LogP contribution in [-0.2, 0) is 6.61 Å². The first-order valence-corrected chi connectivity index (χ1v) is 9.93. The van der Waals surface area contributed by atoms with Crippen LogP contribution in [-0.4, -0.2) is 37.0 Å². The van der Waals surface area contributed by atoms with E-state index in [9.17, 15) is 4.79 Å². The van der Waals surface area contributed by atoms with Crippen molar-refractivity contribution in [1.29, 1.82) is 0 Å². The van der Waals surface area contributed by atoms with Gasteiger partial charge in [0.05, 0.1) is 0 Å². The number of carbonyl (C=O) groups is 1. The first-order chi connectivity index (χ1) is 13.7. The van der Waals surface area contributed by atoms with Crippen molar-refractivity contribution >= 4 is 16.9 Å². The summed E-state index contributed by atoms with van der Waals surface area (Å²) in [6.45, 7) is 6.35. The van der Waals surface area contributed by atoms with E-state index in [1.807, 2.05) is 54.6 Å². The highest BCUT2D eigenvalue weighted by atomic mass is 16.5. The van der Waals surface area contributed by atoms with E-state index in [0.29, 0.717) is 23.8 Å². The number of ether oxygens (including phenoxy) is 1. The van der Waals surface area contributed by atoms with E-state index in [0.717, 1.165) is 42.8 Å². The lowest BCUT2D eigenvalue weighted by molar-refractivity contribution is 0.0918. The van der Waals surface area contributed by atoms with Crippen LogP contribution in [0.2, 0.25) is 0 Å². The molecule has 1 aromatic heterocycles. The van der Waals surface area contributed by atoms with Gasteiger partial charge in [0.1, 0.15) is 17.9 Å². The first kappa shape index (κ1) is 18.6. The number of benzene rings is 2. The minimum absolute atomic E-state index is 0.169. The Labute approximate surface area is 165 Å². The maximum atomic E-state index is 12.9. The summed E-state index contributed by atoms with van der Waals surface area (Å²) in [7, 11) is 0. The average molecular weight is 378 g/mol. The highest BCUT2D eigenvalue weighted by Crippen LogP contribution is 2.27. The smallest absolute Gasteiger partial charge is 0.287 e. The van der Waals surface area contributed by atoms with Gasteiger partial charge in [0, 0.05) is 24.0 Å². The maximum absolute atomic E-state index is 12.9. The highest BCUT2D eigenvalue weighted by Gasteiger charge is 2.24. The van der Waals surface area contributed by atoms with Crippen molar-refractivity contribution < 1.29 is 13.9 Å².